The average Bonchev–Trinajstić information content (AvgIpc) is 2.65. The Balaban J connectivity index is 1.85. The number of benzene rings is 3. The summed E-state index contributed by atoms with van der Waals surface area (Å²) in [6.07, 6.45) is 0. The van der Waals surface area contributed by atoms with Gasteiger partial charge in [0.05, 0.1) is 17.6 Å². The fourth-order valence-corrected chi connectivity index (χ4v) is 3.10. The van der Waals surface area contributed by atoms with E-state index in [4.69, 9.17) is 23.2 Å². The molecule has 0 aliphatic carbocycles. The van der Waals surface area contributed by atoms with Crippen LogP contribution in [0.25, 0.3) is 0 Å². The van der Waals surface area contributed by atoms with Crippen LogP contribution in [-0.2, 0) is 0 Å². The van der Waals surface area contributed by atoms with Crippen molar-refractivity contribution in [1.29, 1.82) is 5.26 Å². The molecule has 6 heteroatoms. The fraction of sp³-hybridized carbons (Fsp3) is 0.0476. The SMILES string of the molecule is N#CC(c1ccc(Cl)cc1)c1ccc(NC(=O)c2ccccc2O)cc1Cl. The van der Waals surface area contributed by atoms with Crippen LogP contribution < -0.4 is 5.32 Å². The van der Waals surface area contributed by atoms with Crippen LogP contribution in [0, 0.1) is 11.3 Å². The third-order valence-corrected chi connectivity index (χ3v) is 4.63. The van der Waals surface area contributed by atoms with Crippen molar-refractivity contribution in [2.24, 2.45) is 0 Å². The number of anilines is 1. The quantitative estimate of drug-likeness (QED) is 0.601. The second-order valence-electron chi connectivity index (χ2n) is 5.82. The van der Waals surface area contributed by atoms with Crippen molar-refractivity contribution >= 4 is 34.8 Å². The zero-order valence-corrected chi connectivity index (χ0v) is 15.5. The lowest BCUT2D eigenvalue weighted by atomic mass is 9.92. The molecule has 27 heavy (non-hydrogen) atoms. The summed E-state index contributed by atoms with van der Waals surface area (Å²) >= 11 is 12.3. The number of phenolic OH excluding ortho intramolecular Hbond substituents is 1. The van der Waals surface area contributed by atoms with E-state index in [1.165, 1.54) is 12.1 Å². The minimum absolute atomic E-state index is 0.106. The van der Waals surface area contributed by atoms with Crippen LogP contribution in [0.3, 0.4) is 0 Å². The molecular formula is C21H14Cl2N2O2. The van der Waals surface area contributed by atoms with Gasteiger partial charge in [0.15, 0.2) is 0 Å². The molecule has 0 aliphatic heterocycles. The standard InChI is InChI=1S/C21H14Cl2N2O2/c22-14-7-5-13(6-8-14)18(12-24)16-10-9-15(11-19(16)23)25-21(27)17-3-1-2-4-20(17)26/h1-11,18,26H,(H,25,27). The number of carbonyl (C=O) groups is 1. The lowest BCUT2D eigenvalue weighted by Gasteiger charge is -2.14. The normalized spacial score (nSPS) is 11.4. The maximum atomic E-state index is 12.3. The number of amides is 1. The van der Waals surface area contributed by atoms with Gasteiger partial charge in [0.1, 0.15) is 5.75 Å². The van der Waals surface area contributed by atoms with E-state index in [0.29, 0.717) is 21.3 Å². The molecule has 134 valence electrons. The highest BCUT2D eigenvalue weighted by Crippen LogP contribution is 2.32. The van der Waals surface area contributed by atoms with Gasteiger partial charge in [-0.2, -0.15) is 5.26 Å². The van der Waals surface area contributed by atoms with Crippen molar-refractivity contribution in [3.63, 3.8) is 0 Å². The van der Waals surface area contributed by atoms with E-state index in [0.717, 1.165) is 5.56 Å². The van der Waals surface area contributed by atoms with E-state index in [2.05, 4.69) is 11.4 Å². The van der Waals surface area contributed by atoms with Gasteiger partial charge in [-0.1, -0.05) is 53.5 Å². The largest absolute Gasteiger partial charge is 0.507 e. The van der Waals surface area contributed by atoms with Gasteiger partial charge in [-0.05, 0) is 47.5 Å². The Morgan fingerprint density at radius 1 is 1.04 bits per heavy atom. The van der Waals surface area contributed by atoms with E-state index < -0.39 is 11.8 Å². The Kier molecular flexibility index (Phi) is 5.66. The molecule has 3 aromatic rings. The zero-order valence-electron chi connectivity index (χ0n) is 14.0. The van der Waals surface area contributed by atoms with Gasteiger partial charge < -0.3 is 10.4 Å². The molecule has 0 radical (unpaired) electrons. The van der Waals surface area contributed by atoms with Crippen LogP contribution in [0.4, 0.5) is 5.69 Å². The Morgan fingerprint density at radius 2 is 1.74 bits per heavy atom. The maximum Gasteiger partial charge on any atom is 0.259 e. The van der Waals surface area contributed by atoms with Crippen LogP contribution in [0.15, 0.2) is 66.7 Å². The molecule has 0 fully saturated rings. The van der Waals surface area contributed by atoms with Crippen molar-refractivity contribution in [2.75, 3.05) is 5.32 Å². The summed E-state index contributed by atoms with van der Waals surface area (Å²) in [5, 5.41) is 23.0. The molecule has 4 nitrogen and oxygen atoms in total. The first kappa shape index (κ1) is 18.8. The summed E-state index contributed by atoms with van der Waals surface area (Å²) in [6, 6.07) is 20.4. The molecular weight excluding hydrogens is 383 g/mol. The van der Waals surface area contributed by atoms with Crippen molar-refractivity contribution in [1.82, 2.24) is 0 Å². The van der Waals surface area contributed by atoms with Crippen LogP contribution in [0.1, 0.15) is 27.4 Å². The average molecular weight is 397 g/mol. The summed E-state index contributed by atoms with van der Waals surface area (Å²) in [6.45, 7) is 0. The number of aromatic hydroxyl groups is 1. The molecule has 1 amide bonds. The van der Waals surface area contributed by atoms with E-state index >= 15 is 0 Å². The molecule has 0 bridgehead atoms. The highest BCUT2D eigenvalue weighted by Gasteiger charge is 2.18. The van der Waals surface area contributed by atoms with Gasteiger partial charge in [-0.3, -0.25) is 4.79 Å². The molecule has 0 saturated carbocycles. The van der Waals surface area contributed by atoms with Crippen LogP contribution in [-0.4, -0.2) is 11.0 Å². The molecule has 0 aliphatic rings. The number of phenols is 1. The van der Waals surface area contributed by atoms with Crippen LogP contribution in [0.5, 0.6) is 5.75 Å². The van der Waals surface area contributed by atoms with E-state index in [9.17, 15) is 15.2 Å². The lowest BCUT2D eigenvalue weighted by molar-refractivity contribution is 0.102. The molecule has 0 aromatic heterocycles. The Labute approximate surface area is 166 Å². The van der Waals surface area contributed by atoms with Gasteiger partial charge in [0.25, 0.3) is 5.91 Å². The Hall–Kier alpha value is -3.00. The first-order valence-corrected chi connectivity index (χ1v) is 8.79. The fourth-order valence-electron chi connectivity index (χ4n) is 2.68. The predicted octanol–water partition coefficient (Wildman–Crippen LogP) is 5.61. The first-order valence-electron chi connectivity index (χ1n) is 8.03. The first-order chi connectivity index (χ1) is 13.0. The number of hydrogen-bond donors (Lipinski definition) is 2. The number of halogens is 2. The van der Waals surface area contributed by atoms with Gasteiger partial charge in [-0.15, -0.1) is 0 Å². The van der Waals surface area contributed by atoms with E-state index in [1.54, 1.807) is 54.6 Å². The van der Waals surface area contributed by atoms with Gasteiger partial charge in [0.2, 0.25) is 0 Å². The van der Waals surface area contributed by atoms with Crippen molar-refractivity contribution in [2.45, 2.75) is 5.92 Å². The molecule has 2 N–H and O–H groups in total. The minimum Gasteiger partial charge on any atom is -0.507 e. The van der Waals surface area contributed by atoms with E-state index in [-0.39, 0.29) is 11.3 Å². The van der Waals surface area contributed by atoms with Crippen LogP contribution >= 0.6 is 23.2 Å². The highest BCUT2D eigenvalue weighted by molar-refractivity contribution is 6.32. The maximum absolute atomic E-state index is 12.3. The number of rotatable bonds is 4. The smallest absolute Gasteiger partial charge is 0.259 e. The molecule has 0 saturated heterocycles. The molecule has 1 unspecified atom stereocenters. The summed E-state index contributed by atoms with van der Waals surface area (Å²) in [5.41, 5.74) is 2.02. The summed E-state index contributed by atoms with van der Waals surface area (Å²) < 4.78 is 0. The topological polar surface area (TPSA) is 73.1 Å². The number of carbonyl (C=O) groups excluding carboxylic acids is 1. The van der Waals surface area contributed by atoms with Crippen molar-refractivity contribution < 1.29 is 9.90 Å². The lowest BCUT2D eigenvalue weighted by Crippen LogP contribution is -2.12. The Bertz CT molecular complexity index is 1030. The highest BCUT2D eigenvalue weighted by atomic mass is 35.5. The van der Waals surface area contributed by atoms with Crippen molar-refractivity contribution in [3.05, 3.63) is 93.5 Å². The second-order valence-corrected chi connectivity index (χ2v) is 6.66. The third kappa shape index (κ3) is 4.22. The second kappa shape index (κ2) is 8.13. The van der Waals surface area contributed by atoms with Gasteiger partial charge in [-0.25, -0.2) is 0 Å². The van der Waals surface area contributed by atoms with Crippen LogP contribution in [0.2, 0.25) is 10.0 Å². The van der Waals surface area contributed by atoms with Gasteiger partial charge >= 0.3 is 0 Å². The molecule has 0 heterocycles. The molecule has 1 atom stereocenters. The summed E-state index contributed by atoms with van der Waals surface area (Å²) in [4.78, 5) is 12.3. The molecule has 0 spiro atoms. The zero-order chi connectivity index (χ0) is 19.4. The van der Waals surface area contributed by atoms with E-state index in [1.807, 2.05) is 0 Å². The minimum atomic E-state index is -0.558. The van der Waals surface area contributed by atoms with Crippen molar-refractivity contribution in [3.8, 4) is 11.8 Å². The predicted molar refractivity (Wildman–Crippen MR) is 106 cm³/mol. The number of nitrogens with zero attached hydrogens (tertiary/aromatic N) is 1. The molecule has 3 aromatic carbocycles. The monoisotopic (exact) mass is 396 g/mol. The summed E-state index contributed by atoms with van der Waals surface area (Å²) in [7, 11) is 0. The number of nitriles is 1. The molecule has 3 rings (SSSR count). The number of hydrogen-bond acceptors (Lipinski definition) is 3. The number of para-hydroxylation sites is 1. The number of nitrogens with one attached hydrogen (secondary N) is 1. The Morgan fingerprint density at radius 3 is 2.37 bits per heavy atom. The van der Waals surface area contributed by atoms with Gasteiger partial charge in [0, 0.05) is 15.7 Å². The third-order valence-electron chi connectivity index (χ3n) is 4.05. The summed E-state index contributed by atoms with van der Waals surface area (Å²) in [5.74, 6) is -1.12.